The molecular formula is C3H12SV40. The molecule has 0 heterocycles. The Labute approximate surface area is 751 Å². The van der Waals surface area contributed by atoms with Crippen LogP contribution in [0.1, 0.15) is 22.3 Å². The summed E-state index contributed by atoms with van der Waals surface area (Å²) in [6, 6.07) is 0. The second-order valence-corrected chi connectivity index (χ2v) is 0. The zero-order valence-electron chi connectivity index (χ0n) is 18.3. The normalized spacial score (nSPS) is 0.0682. The van der Waals surface area contributed by atoms with E-state index in [2.05, 4.69) is 10.3 Å². The van der Waals surface area contributed by atoms with Crippen molar-refractivity contribution in [2.45, 2.75) is 22.3 Å². The van der Waals surface area contributed by atoms with E-state index in [-0.39, 0.29) is 746 Å². The van der Waals surface area contributed by atoms with Gasteiger partial charge in [0.15, 0.2) is 0 Å². The molecule has 0 N–H and O–H groups in total. The van der Waals surface area contributed by atoms with E-state index in [4.69, 9.17) is 0 Å². The van der Waals surface area contributed by atoms with Gasteiger partial charge in [0.25, 0.3) is 0 Å². The summed E-state index contributed by atoms with van der Waals surface area (Å²) in [4.78, 5) is 0. The Balaban J connectivity index is -0.00000000000581. The zero-order valence-corrected chi connectivity index (χ0v) is 75.0. The summed E-state index contributed by atoms with van der Waals surface area (Å²) in [5, 5.41) is 0. The smallest absolute Gasteiger partial charge is 0 e. The van der Waals surface area contributed by atoms with E-state index in [1.165, 1.54) is 0 Å². The molecular weight excluding hydrogens is 2110 g/mol. The van der Waals surface area contributed by atoms with Crippen LogP contribution in [0, 0.1) is 0 Å². The van der Waals surface area contributed by atoms with Crippen LogP contribution in [0.4, 0.5) is 0 Å². The van der Waals surface area contributed by atoms with Gasteiger partial charge >= 0.3 is 26.0 Å². The molecule has 44 heavy (non-hydrogen) atoms. The Morgan fingerprint density at radius 2 is 0.114 bits per heavy atom. The standard InChI is InChI=1S/3CH4.S.40V/h3*1H4;;;;;;;;;;;;;;;;;;;;;;;;;;;;;;;;;;;;;;;;;. The summed E-state index contributed by atoms with van der Waals surface area (Å²) in [7, 11) is 4.02. The van der Waals surface area contributed by atoms with Gasteiger partial charge in [-0.3, -0.25) is 0 Å². The molecule has 230 valence electrons. The Morgan fingerprint density at radius 3 is 0.114 bits per heavy atom. The van der Waals surface area contributed by atoms with E-state index in [1.807, 2.05) is 15.7 Å². The fraction of sp³-hybridized carbons (Fsp3) is 1.00. The zero-order chi connectivity index (χ0) is 2.00. The molecule has 0 aliphatic carbocycles. The van der Waals surface area contributed by atoms with E-state index in [0.29, 0.717) is 0 Å². The van der Waals surface area contributed by atoms with Crippen LogP contribution in [-0.4, -0.2) is 0 Å². The van der Waals surface area contributed by atoms with E-state index in [9.17, 15) is 0 Å². The number of rotatable bonds is 0. The van der Waals surface area contributed by atoms with Crippen LogP contribution >= 0.6 is 10.3 Å². The summed E-state index contributed by atoms with van der Waals surface area (Å²) in [5.74, 6) is 0. The fourth-order valence-electron chi connectivity index (χ4n) is 0. The first kappa shape index (κ1) is 496. The van der Waals surface area contributed by atoms with Crippen molar-refractivity contribution in [3.63, 3.8) is 0 Å². The molecule has 0 saturated heterocycles. The van der Waals surface area contributed by atoms with Crippen molar-refractivity contribution in [2.75, 3.05) is 0 Å². The number of hydrogen-bond acceptors (Lipinski definition) is 1. The first-order chi connectivity index (χ1) is 1.00. The van der Waals surface area contributed by atoms with Crippen LogP contribution in [0.2, 0.25) is 0 Å². The molecule has 0 aromatic rings. The molecule has 0 bridgehead atoms. The Morgan fingerprint density at radius 1 is 0.114 bits per heavy atom. The second kappa shape index (κ2) is 515. The maximum absolute atomic E-state index is 4.02. The predicted octanol–water partition coefficient (Wildman–Crippen LogP) is 2.46. The predicted molar refractivity (Wildman–Crippen MR) is 27.8 cm³/mol. The minimum absolute atomic E-state index is 0. The van der Waals surface area contributed by atoms with Gasteiger partial charge in [0.1, 0.15) is 0 Å². The van der Waals surface area contributed by atoms with Crippen LogP contribution in [-0.2, 0) is 739 Å². The summed E-state index contributed by atoms with van der Waals surface area (Å²) in [6.07, 6.45) is 0. The van der Waals surface area contributed by atoms with Gasteiger partial charge < -0.3 is 0 Å². The number of hydrogen-bond donors (Lipinski definition) is 0. The molecule has 0 unspecified atom stereocenters. The monoisotopic (exact) mass is 2120 g/mol. The molecule has 0 amide bonds. The summed E-state index contributed by atoms with van der Waals surface area (Å²) >= 11 is 1.90. The molecule has 0 aliphatic rings. The molecule has 0 aliphatic heterocycles. The van der Waals surface area contributed by atoms with Crippen molar-refractivity contribution in [3.05, 3.63) is 0 Å². The average molecular weight is 2120 g/mol. The van der Waals surface area contributed by atoms with Crippen LogP contribution in [0.5, 0.6) is 0 Å². The Bertz CT molecular complexity index is 22.6. The quantitative estimate of drug-likeness (QED) is 0.360. The van der Waals surface area contributed by atoms with E-state index in [1.54, 1.807) is 0 Å². The van der Waals surface area contributed by atoms with Gasteiger partial charge in [-0.2, -0.15) is 0 Å². The van der Waals surface area contributed by atoms with Gasteiger partial charge in [-0.05, 0) is 0 Å². The summed E-state index contributed by atoms with van der Waals surface area (Å²) in [5.41, 5.74) is 0. The molecule has 0 saturated carbocycles. The van der Waals surface area contributed by atoms with E-state index >= 15 is 0 Å². The van der Waals surface area contributed by atoms with Gasteiger partial charge in [-0.15, -0.1) is 0 Å². The van der Waals surface area contributed by atoms with Crippen LogP contribution in [0.3, 0.4) is 0 Å². The Hall–Kier alpha value is 23.6. The molecule has 0 fully saturated rings. The van der Waals surface area contributed by atoms with E-state index in [0.717, 1.165) is 0 Å². The summed E-state index contributed by atoms with van der Waals surface area (Å²) < 4.78 is 0. The first-order valence-corrected chi connectivity index (χ1v) is 2.26. The molecule has 0 aromatic carbocycles. The van der Waals surface area contributed by atoms with Crippen molar-refractivity contribution < 1.29 is 739 Å². The fourth-order valence-corrected chi connectivity index (χ4v) is 0. The van der Waals surface area contributed by atoms with Gasteiger partial charge in [0, 0.05) is 724 Å². The topological polar surface area (TPSA) is 0 Å². The van der Waals surface area contributed by atoms with Crippen LogP contribution in [0.25, 0.3) is 0 Å². The molecule has 0 spiro atoms. The van der Waals surface area contributed by atoms with Crippen molar-refractivity contribution in [1.82, 2.24) is 0 Å². The maximum Gasteiger partial charge on any atom is 0 e. The van der Waals surface area contributed by atoms with Crippen LogP contribution in [0.15, 0.2) is 0 Å². The van der Waals surface area contributed by atoms with Gasteiger partial charge in [-0.25, -0.2) is 0 Å². The van der Waals surface area contributed by atoms with Gasteiger partial charge in [-0.1, -0.05) is 22.3 Å². The Kier molecular flexibility index (Phi) is 5800. The van der Waals surface area contributed by atoms with E-state index < -0.39 is 0 Å². The molecule has 41 heteroatoms. The van der Waals surface area contributed by atoms with Crippen molar-refractivity contribution in [2.24, 2.45) is 0 Å². The minimum Gasteiger partial charge on any atom is 0 e. The minimum atomic E-state index is 0. The van der Waals surface area contributed by atoms with Crippen molar-refractivity contribution >= 4 is 10.3 Å². The average Bonchev–Trinajstić information content (AvgIpc) is 1.00. The third kappa shape index (κ3) is 492. The summed E-state index contributed by atoms with van der Waals surface area (Å²) in [6.45, 7) is 0. The van der Waals surface area contributed by atoms with Crippen LogP contribution < -0.4 is 0 Å². The molecule has 0 nitrogen and oxygen atoms in total. The largest absolute Gasteiger partial charge is 0 e. The molecule has 0 aromatic heterocycles. The maximum atomic E-state index is 4.02. The van der Waals surface area contributed by atoms with Gasteiger partial charge in [0.05, 0.1) is 0 Å². The third-order valence-corrected chi connectivity index (χ3v) is 0. The third-order valence-electron chi connectivity index (χ3n) is 0. The molecule has 39 radical (unpaired) electrons. The molecule has 0 atom stereocenters. The van der Waals surface area contributed by atoms with Crippen molar-refractivity contribution in [1.29, 1.82) is 0 Å². The van der Waals surface area contributed by atoms with Crippen molar-refractivity contribution in [3.8, 4) is 0 Å². The second-order valence-electron chi connectivity index (χ2n) is 0. The van der Waals surface area contributed by atoms with Gasteiger partial charge in [0.2, 0.25) is 0 Å². The SMILES string of the molecule is C.C.C.[S]=[V].[V].[V].[V].[V].[V].[V].[V].[V].[V].[V].[V].[V].[V].[V].[V].[V].[V].[V].[V].[V].[V].[V].[V].[V].[V].[V].[V].[V].[V].[V].[V].[V].[V].[V].[V].[V].[V].[V].[V]. The molecule has 0 rings (SSSR count). The first-order valence-electron chi connectivity index (χ1n) is 0.183.